The van der Waals surface area contributed by atoms with E-state index in [9.17, 15) is 4.79 Å². The van der Waals surface area contributed by atoms with Crippen LogP contribution in [0, 0.1) is 5.92 Å². The van der Waals surface area contributed by atoms with Crippen LogP contribution in [0.15, 0.2) is 11.1 Å². The topological polar surface area (TPSA) is 17.1 Å². The summed E-state index contributed by atoms with van der Waals surface area (Å²) in [5, 5.41) is 0. The number of hydrogen-bond acceptors (Lipinski definition) is 1. The molecule has 2 saturated carbocycles. The van der Waals surface area contributed by atoms with Gasteiger partial charge in [0.15, 0.2) is 5.78 Å². The van der Waals surface area contributed by atoms with Gasteiger partial charge in [-0.2, -0.15) is 0 Å². The average molecular weight is 234 g/mol. The highest BCUT2D eigenvalue weighted by Gasteiger charge is 2.30. The monoisotopic (exact) mass is 234 g/mol. The van der Waals surface area contributed by atoms with E-state index in [1.54, 1.807) is 0 Å². The Kier molecular flexibility index (Phi) is 4.82. The van der Waals surface area contributed by atoms with Crippen LogP contribution < -0.4 is 0 Å². The lowest BCUT2D eigenvalue weighted by Gasteiger charge is -2.16. The second-order valence-corrected chi connectivity index (χ2v) is 5.74. The van der Waals surface area contributed by atoms with Gasteiger partial charge in [0.05, 0.1) is 0 Å². The van der Waals surface area contributed by atoms with E-state index >= 15 is 0 Å². The van der Waals surface area contributed by atoms with Crippen LogP contribution >= 0.6 is 0 Å². The first kappa shape index (κ1) is 12.9. The van der Waals surface area contributed by atoms with E-state index in [0.717, 1.165) is 19.3 Å². The largest absolute Gasteiger partial charge is 0.294 e. The minimum absolute atomic E-state index is 0.381. The minimum Gasteiger partial charge on any atom is -0.294 e. The van der Waals surface area contributed by atoms with Crippen LogP contribution in [-0.2, 0) is 4.79 Å². The molecule has 0 aromatic heterocycles. The van der Waals surface area contributed by atoms with Gasteiger partial charge in [-0.3, -0.25) is 4.79 Å². The molecular formula is C16H26O. The molecule has 2 fully saturated rings. The summed E-state index contributed by atoms with van der Waals surface area (Å²) in [4.78, 5) is 12.3. The van der Waals surface area contributed by atoms with E-state index in [2.05, 4.69) is 6.92 Å². The molecule has 2 aliphatic rings. The Morgan fingerprint density at radius 3 is 2.53 bits per heavy atom. The fourth-order valence-corrected chi connectivity index (χ4v) is 3.37. The molecule has 0 heterocycles. The second-order valence-electron chi connectivity index (χ2n) is 5.74. The molecule has 0 amide bonds. The van der Waals surface area contributed by atoms with Gasteiger partial charge in [-0.05, 0) is 50.5 Å². The van der Waals surface area contributed by atoms with Gasteiger partial charge in [0, 0.05) is 5.92 Å². The van der Waals surface area contributed by atoms with Crippen LogP contribution in [0.5, 0.6) is 0 Å². The van der Waals surface area contributed by atoms with Crippen LogP contribution in [0.3, 0.4) is 0 Å². The Morgan fingerprint density at radius 2 is 1.82 bits per heavy atom. The number of ketones is 1. The molecule has 96 valence electrons. The van der Waals surface area contributed by atoms with Crippen molar-refractivity contribution in [3.8, 4) is 0 Å². The lowest BCUT2D eigenvalue weighted by molar-refractivity contribution is -0.118. The lowest BCUT2D eigenvalue weighted by Crippen LogP contribution is -2.10. The number of carbonyl (C=O) groups is 1. The van der Waals surface area contributed by atoms with Crippen molar-refractivity contribution < 1.29 is 4.79 Å². The van der Waals surface area contributed by atoms with Crippen molar-refractivity contribution in [1.29, 1.82) is 0 Å². The van der Waals surface area contributed by atoms with E-state index in [4.69, 9.17) is 0 Å². The molecule has 0 aliphatic heterocycles. The highest BCUT2D eigenvalue weighted by atomic mass is 16.1. The quantitative estimate of drug-likeness (QED) is 0.504. The van der Waals surface area contributed by atoms with E-state index in [1.807, 2.05) is 0 Å². The molecule has 1 heteroatoms. The van der Waals surface area contributed by atoms with Crippen molar-refractivity contribution in [1.82, 2.24) is 0 Å². The normalized spacial score (nSPS) is 25.7. The maximum absolute atomic E-state index is 12.3. The standard InChI is InChI=1S/C16H26O/c1-2-3-5-10-14-11-12-15(16(14)17)13-8-6-4-7-9-13/h14H,2-12H2,1H3. The summed E-state index contributed by atoms with van der Waals surface area (Å²) >= 11 is 0. The van der Waals surface area contributed by atoms with Crippen molar-refractivity contribution in [3.63, 3.8) is 0 Å². The molecule has 2 rings (SSSR count). The van der Waals surface area contributed by atoms with E-state index in [-0.39, 0.29) is 0 Å². The van der Waals surface area contributed by atoms with Gasteiger partial charge in [0.1, 0.15) is 0 Å². The number of unbranched alkanes of at least 4 members (excludes halogenated alkanes) is 2. The molecule has 0 radical (unpaired) electrons. The van der Waals surface area contributed by atoms with Crippen molar-refractivity contribution in [2.24, 2.45) is 5.92 Å². The number of carbonyl (C=O) groups excluding carboxylic acids is 1. The third-order valence-corrected chi connectivity index (χ3v) is 4.45. The van der Waals surface area contributed by atoms with Gasteiger partial charge in [-0.1, -0.05) is 38.2 Å². The smallest absolute Gasteiger partial charge is 0.161 e. The number of rotatable bonds is 4. The van der Waals surface area contributed by atoms with Crippen LogP contribution in [-0.4, -0.2) is 5.78 Å². The highest BCUT2D eigenvalue weighted by Crippen LogP contribution is 2.36. The summed E-state index contributed by atoms with van der Waals surface area (Å²) in [6, 6.07) is 0. The summed E-state index contributed by atoms with van der Waals surface area (Å²) in [5.41, 5.74) is 2.78. The molecule has 0 bridgehead atoms. The summed E-state index contributed by atoms with van der Waals surface area (Å²) in [7, 11) is 0. The zero-order valence-corrected chi connectivity index (χ0v) is 11.3. The second kappa shape index (κ2) is 6.37. The number of allylic oxidation sites excluding steroid dienone is 2. The van der Waals surface area contributed by atoms with Crippen LogP contribution in [0.1, 0.15) is 77.6 Å². The fourth-order valence-electron chi connectivity index (χ4n) is 3.37. The lowest BCUT2D eigenvalue weighted by atomic mass is 9.89. The first-order valence-electron chi connectivity index (χ1n) is 7.58. The van der Waals surface area contributed by atoms with Crippen LogP contribution in [0.4, 0.5) is 0 Å². The van der Waals surface area contributed by atoms with Crippen molar-refractivity contribution in [2.75, 3.05) is 0 Å². The Hall–Kier alpha value is -0.590. The molecule has 2 aliphatic carbocycles. The molecule has 1 atom stereocenters. The molecule has 17 heavy (non-hydrogen) atoms. The highest BCUT2D eigenvalue weighted by molar-refractivity contribution is 6.00. The Labute approximate surface area is 106 Å². The van der Waals surface area contributed by atoms with E-state index in [1.165, 1.54) is 62.5 Å². The summed E-state index contributed by atoms with van der Waals surface area (Å²) < 4.78 is 0. The fraction of sp³-hybridized carbons (Fsp3) is 0.812. The first-order chi connectivity index (χ1) is 8.33. The van der Waals surface area contributed by atoms with Gasteiger partial charge in [0.2, 0.25) is 0 Å². The Balaban J connectivity index is 1.92. The third-order valence-electron chi connectivity index (χ3n) is 4.45. The first-order valence-corrected chi connectivity index (χ1v) is 7.58. The maximum Gasteiger partial charge on any atom is 0.161 e. The zero-order chi connectivity index (χ0) is 12.1. The predicted molar refractivity (Wildman–Crippen MR) is 72.0 cm³/mol. The van der Waals surface area contributed by atoms with E-state index < -0.39 is 0 Å². The van der Waals surface area contributed by atoms with Gasteiger partial charge >= 0.3 is 0 Å². The van der Waals surface area contributed by atoms with Crippen LogP contribution in [0.25, 0.3) is 0 Å². The summed E-state index contributed by atoms with van der Waals surface area (Å²) in [6.45, 7) is 2.23. The van der Waals surface area contributed by atoms with Gasteiger partial charge < -0.3 is 0 Å². The Morgan fingerprint density at radius 1 is 1.06 bits per heavy atom. The molecule has 1 nitrogen and oxygen atoms in total. The summed E-state index contributed by atoms with van der Waals surface area (Å²) in [5.74, 6) is 0.906. The summed E-state index contributed by atoms with van der Waals surface area (Å²) in [6.07, 6.45) is 13.6. The van der Waals surface area contributed by atoms with Crippen molar-refractivity contribution in [2.45, 2.75) is 77.6 Å². The number of Topliss-reactive ketones (excluding diaryl/α,β-unsaturated/α-hetero) is 1. The minimum atomic E-state index is 0.381. The van der Waals surface area contributed by atoms with E-state index in [0.29, 0.717) is 11.7 Å². The van der Waals surface area contributed by atoms with Gasteiger partial charge in [-0.15, -0.1) is 0 Å². The zero-order valence-electron chi connectivity index (χ0n) is 11.3. The molecule has 0 saturated heterocycles. The number of hydrogen-bond donors (Lipinski definition) is 0. The van der Waals surface area contributed by atoms with Gasteiger partial charge in [0.25, 0.3) is 0 Å². The van der Waals surface area contributed by atoms with Gasteiger partial charge in [-0.25, -0.2) is 0 Å². The van der Waals surface area contributed by atoms with Crippen molar-refractivity contribution in [3.05, 3.63) is 11.1 Å². The maximum atomic E-state index is 12.3. The molecule has 0 aromatic rings. The predicted octanol–water partition coefficient (Wildman–Crippen LogP) is 4.81. The third kappa shape index (κ3) is 3.20. The van der Waals surface area contributed by atoms with Crippen LogP contribution in [0.2, 0.25) is 0 Å². The molecular weight excluding hydrogens is 208 g/mol. The Bertz CT molecular complexity index is 293. The SMILES string of the molecule is CCCCCC1CCC(=C2CCCCC2)C1=O. The molecule has 1 unspecified atom stereocenters. The molecule has 0 aromatic carbocycles. The average Bonchev–Trinajstić information content (AvgIpc) is 2.73. The van der Waals surface area contributed by atoms with Crippen molar-refractivity contribution >= 4 is 5.78 Å². The molecule has 0 spiro atoms. The molecule has 0 N–H and O–H groups in total.